The van der Waals surface area contributed by atoms with Gasteiger partial charge in [-0.15, -0.1) is 0 Å². The third-order valence-corrected chi connectivity index (χ3v) is 3.35. The van der Waals surface area contributed by atoms with Crippen molar-refractivity contribution < 1.29 is 9.60 Å². The first-order chi connectivity index (χ1) is 10.0. The van der Waals surface area contributed by atoms with Crippen molar-refractivity contribution in [2.24, 2.45) is 10.9 Å². The molecule has 0 aromatic heterocycles. The van der Waals surface area contributed by atoms with Crippen LogP contribution in [0, 0.1) is 5.82 Å². The van der Waals surface area contributed by atoms with E-state index < -0.39 is 5.82 Å². The second kappa shape index (κ2) is 6.45. The van der Waals surface area contributed by atoms with Gasteiger partial charge in [-0.1, -0.05) is 35.0 Å². The van der Waals surface area contributed by atoms with Crippen molar-refractivity contribution in [2.75, 3.05) is 11.9 Å². The molecule has 110 valence electrons. The number of anilines is 1. The van der Waals surface area contributed by atoms with Crippen LogP contribution in [0.4, 0.5) is 10.1 Å². The number of nitrogens with zero attached hydrogens (tertiary/aromatic N) is 2. The maximum absolute atomic E-state index is 13.9. The lowest BCUT2D eigenvalue weighted by molar-refractivity contribution is 0.318. The minimum absolute atomic E-state index is 0.0801. The van der Waals surface area contributed by atoms with Crippen LogP contribution in [0.25, 0.3) is 0 Å². The highest BCUT2D eigenvalue weighted by atomic mass is 35.5. The fourth-order valence-corrected chi connectivity index (χ4v) is 2.21. The standard InChI is InChI=1S/C15H15ClFN3O/c1-20(9-10-5-7-11(16)8-6-10)13-4-2-3-12(17)14(13)15(18)19-21/h2-8,21H,9H2,1H3,(H2,18,19). The van der Waals surface area contributed by atoms with E-state index in [1.54, 1.807) is 31.3 Å². The van der Waals surface area contributed by atoms with Crippen LogP contribution in [0.2, 0.25) is 5.02 Å². The van der Waals surface area contributed by atoms with E-state index in [9.17, 15) is 4.39 Å². The molecule has 21 heavy (non-hydrogen) atoms. The third-order valence-electron chi connectivity index (χ3n) is 3.10. The molecular formula is C15H15ClFN3O. The minimum atomic E-state index is -0.536. The summed E-state index contributed by atoms with van der Waals surface area (Å²) in [5.41, 5.74) is 7.20. The van der Waals surface area contributed by atoms with Crippen molar-refractivity contribution in [1.29, 1.82) is 0 Å². The van der Waals surface area contributed by atoms with E-state index in [0.29, 0.717) is 17.3 Å². The molecule has 0 aliphatic rings. The van der Waals surface area contributed by atoms with Crippen molar-refractivity contribution in [3.63, 3.8) is 0 Å². The molecule has 2 aromatic rings. The number of rotatable bonds is 4. The summed E-state index contributed by atoms with van der Waals surface area (Å²) in [5, 5.41) is 12.4. The number of benzene rings is 2. The molecule has 0 aliphatic heterocycles. The third kappa shape index (κ3) is 3.44. The smallest absolute Gasteiger partial charge is 0.175 e. The molecule has 0 fully saturated rings. The molecule has 3 N–H and O–H groups in total. The SMILES string of the molecule is CN(Cc1ccc(Cl)cc1)c1cccc(F)c1C(N)=NO. The summed E-state index contributed by atoms with van der Waals surface area (Å²) in [6, 6.07) is 11.9. The normalized spacial score (nSPS) is 11.5. The maximum atomic E-state index is 13.9. The van der Waals surface area contributed by atoms with Crippen LogP contribution in [-0.4, -0.2) is 18.1 Å². The number of hydrogen-bond acceptors (Lipinski definition) is 3. The lowest BCUT2D eigenvalue weighted by Crippen LogP contribution is -2.23. The Kier molecular flexibility index (Phi) is 4.65. The largest absolute Gasteiger partial charge is 0.409 e. The van der Waals surface area contributed by atoms with E-state index in [1.165, 1.54) is 6.07 Å². The van der Waals surface area contributed by atoms with Gasteiger partial charge in [-0.05, 0) is 29.8 Å². The van der Waals surface area contributed by atoms with Gasteiger partial charge in [0.25, 0.3) is 0 Å². The molecule has 0 spiro atoms. The Balaban J connectivity index is 2.33. The molecule has 0 atom stereocenters. The van der Waals surface area contributed by atoms with Gasteiger partial charge in [0.2, 0.25) is 0 Å². The van der Waals surface area contributed by atoms with Crippen molar-refractivity contribution in [2.45, 2.75) is 6.54 Å². The summed E-state index contributed by atoms with van der Waals surface area (Å²) >= 11 is 5.85. The average Bonchev–Trinajstić information content (AvgIpc) is 2.48. The van der Waals surface area contributed by atoms with Crippen LogP contribution in [0.15, 0.2) is 47.6 Å². The Hall–Kier alpha value is -2.27. The average molecular weight is 308 g/mol. The number of nitrogens with two attached hydrogens (primary N) is 1. The molecular weight excluding hydrogens is 293 g/mol. The number of halogens is 2. The van der Waals surface area contributed by atoms with Crippen molar-refractivity contribution >= 4 is 23.1 Å². The van der Waals surface area contributed by atoms with E-state index in [4.69, 9.17) is 22.5 Å². The van der Waals surface area contributed by atoms with E-state index in [2.05, 4.69) is 5.16 Å². The van der Waals surface area contributed by atoms with Crippen LogP contribution >= 0.6 is 11.6 Å². The van der Waals surface area contributed by atoms with Gasteiger partial charge in [0.05, 0.1) is 11.3 Å². The topological polar surface area (TPSA) is 61.8 Å². The van der Waals surface area contributed by atoms with Crippen LogP contribution in [0.5, 0.6) is 0 Å². The molecule has 0 radical (unpaired) electrons. The fourth-order valence-electron chi connectivity index (χ4n) is 2.08. The van der Waals surface area contributed by atoms with E-state index in [0.717, 1.165) is 5.56 Å². The molecule has 0 bridgehead atoms. The van der Waals surface area contributed by atoms with Gasteiger partial charge in [-0.25, -0.2) is 4.39 Å². The molecule has 0 aliphatic carbocycles. The lowest BCUT2D eigenvalue weighted by Gasteiger charge is -2.22. The Labute approximate surface area is 127 Å². The Bertz CT molecular complexity index is 658. The van der Waals surface area contributed by atoms with Crippen LogP contribution in [-0.2, 0) is 6.54 Å². The summed E-state index contributed by atoms with van der Waals surface area (Å²) in [4.78, 5) is 1.82. The zero-order valence-electron chi connectivity index (χ0n) is 11.4. The van der Waals surface area contributed by atoms with E-state index >= 15 is 0 Å². The Morgan fingerprint density at radius 2 is 1.95 bits per heavy atom. The van der Waals surface area contributed by atoms with E-state index in [-0.39, 0.29) is 11.4 Å². The Morgan fingerprint density at radius 1 is 1.29 bits per heavy atom. The van der Waals surface area contributed by atoms with Gasteiger partial charge < -0.3 is 15.8 Å². The first-order valence-corrected chi connectivity index (χ1v) is 6.62. The molecule has 0 heterocycles. The molecule has 2 aromatic carbocycles. The molecule has 0 saturated carbocycles. The highest BCUT2D eigenvalue weighted by Gasteiger charge is 2.16. The summed E-state index contributed by atoms with van der Waals surface area (Å²) in [7, 11) is 1.80. The Morgan fingerprint density at radius 3 is 2.57 bits per heavy atom. The number of amidine groups is 1. The second-order valence-electron chi connectivity index (χ2n) is 4.60. The van der Waals surface area contributed by atoms with Gasteiger partial charge in [0.1, 0.15) is 5.82 Å². The summed E-state index contributed by atoms with van der Waals surface area (Å²) in [6.45, 7) is 0.534. The predicted molar refractivity (Wildman–Crippen MR) is 82.5 cm³/mol. The monoisotopic (exact) mass is 307 g/mol. The fraction of sp³-hybridized carbons (Fsp3) is 0.133. The van der Waals surface area contributed by atoms with Crippen LogP contribution in [0.3, 0.4) is 0 Å². The van der Waals surface area contributed by atoms with E-state index in [1.807, 2.05) is 17.0 Å². The quantitative estimate of drug-likeness (QED) is 0.394. The van der Waals surface area contributed by atoms with Gasteiger partial charge >= 0.3 is 0 Å². The number of oxime groups is 1. The molecule has 0 saturated heterocycles. The van der Waals surface area contributed by atoms with Crippen molar-refractivity contribution in [3.8, 4) is 0 Å². The minimum Gasteiger partial charge on any atom is -0.409 e. The molecule has 4 nitrogen and oxygen atoms in total. The summed E-state index contributed by atoms with van der Waals surface area (Å²) in [5.74, 6) is -0.795. The van der Waals surface area contributed by atoms with Crippen LogP contribution in [0.1, 0.15) is 11.1 Å². The zero-order valence-corrected chi connectivity index (χ0v) is 12.2. The molecule has 2 rings (SSSR count). The van der Waals surface area contributed by atoms with Gasteiger partial charge in [0, 0.05) is 18.6 Å². The highest BCUT2D eigenvalue weighted by Crippen LogP contribution is 2.24. The number of hydrogen-bond donors (Lipinski definition) is 2. The first-order valence-electron chi connectivity index (χ1n) is 6.25. The highest BCUT2D eigenvalue weighted by molar-refractivity contribution is 6.30. The second-order valence-corrected chi connectivity index (χ2v) is 5.04. The van der Waals surface area contributed by atoms with Gasteiger partial charge in [0.15, 0.2) is 5.84 Å². The van der Waals surface area contributed by atoms with Gasteiger partial charge in [-0.2, -0.15) is 0 Å². The van der Waals surface area contributed by atoms with Crippen molar-refractivity contribution in [1.82, 2.24) is 0 Å². The van der Waals surface area contributed by atoms with Gasteiger partial charge in [-0.3, -0.25) is 0 Å². The summed E-state index contributed by atoms with van der Waals surface area (Å²) < 4.78 is 13.9. The van der Waals surface area contributed by atoms with Crippen molar-refractivity contribution in [3.05, 3.63) is 64.4 Å². The zero-order chi connectivity index (χ0) is 15.4. The first kappa shape index (κ1) is 15.1. The molecule has 0 unspecified atom stereocenters. The van der Waals surface area contributed by atoms with Crippen LogP contribution < -0.4 is 10.6 Å². The maximum Gasteiger partial charge on any atom is 0.175 e. The summed E-state index contributed by atoms with van der Waals surface area (Å²) in [6.07, 6.45) is 0. The molecule has 6 heteroatoms. The lowest BCUT2D eigenvalue weighted by atomic mass is 10.1. The molecule has 0 amide bonds. The predicted octanol–water partition coefficient (Wildman–Crippen LogP) is 3.21.